The Bertz CT molecular complexity index is 1490. The van der Waals surface area contributed by atoms with Gasteiger partial charge in [0.25, 0.3) is 0 Å². The zero-order valence-electron chi connectivity index (χ0n) is 18.8. The Morgan fingerprint density at radius 1 is 1.19 bits per heavy atom. The number of nitrogens with one attached hydrogen (secondary N) is 1. The van der Waals surface area contributed by atoms with Gasteiger partial charge in [0, 0.05) is 17.9 Å². The Morgan fingerprint density at radius 2 is 1.97 bits per heavy atom. The molecule has 3 aromatic heterocycles. The fourth-order valence-electron chi connectivity index (χ4n) is 3.33. The van der Waals surface area contributed by atoms with E-state index in [0.29, 0.717) is 17.0 Å². The van der Waals surface area contributed by atoms with Gasteiger partial charge in [0.1, 0.15) is 39.3 Å². The maximum absolute atomic E-state index is 14.4. The van der Waals surface area contributed by atoms with Crippen LogP contribution in [0.5, 0.6) is 0 Å². The number of sulfone groups is 1. The number of nitrogens with zero attached hydrogens (tertiary/aromatic N) is 5. The van der Waals surface area contributed by atoms with Gasteiger partial charge in [0.05, 0.1) is 24.2 Å². The molecule has 1 atom stereocenters. The normalized spacial score (nSPS) is 12.4. The first kappa shape index (κ1) is 24.9. The summed E-state index contributed by atoms with van der Waals surface area (Å²) in [6, 6.07) is 7.88. The fourth-order valence-corrected chi connectivity index (χ4v) is 4.00. The average molecular weight is 519 g/mol. The van der Waals surface area contributed by atoms with E-state index in [1.807, 2.05) is 0 Å². The van der Waals surface area contributed by atoms with Crippen LogP contribution in [0.1, 0.15) is 12.0 Å². The smallest absolute Gasteiger partial charge is 0.326 e. The number of benzene rings is 1. The molecule has 1 unspecified atom stereocenters. The van der Waals surface area contributed by atoms with Crippen LogP contribution in [0.2, 0.25) is 0 Å². The number of carboxylic acids is 1. The van der Waals surface area contributed by atoms with Crippen molar-refractivity contribution in [3.63, 3.8) is 0 Å². The largest absolute Gasteiger partial charge is 0.480 e. The monoisotopic (exact) mass is 518 g/mol. The van der Waals surface area contributed by atoms with Gasteiger partial charge in [-0.05, 0) is 18.6 Å². The predicted octanol–water partition coefficient (Wildman–Crippen LogP) is 2.62. The lowest BCUT2D eigenvalue weighted by Crippen LogP contribution is -2.32. The zero-order valence-corrected chi connectivity index (χ0v) is 19.6. The Morgan fingerprint density at radius 3 is 2.64 bits per heavy atom. The van der Waals surface area contributed by atoms with E-state index in [0.717, 1.165) is 12.5 Å². The lowest BCUT2D eigenvalue weighted by molar-refractivity contribution is -0.137. The molecule has 3 heterocycles. The second-order valence-corrected chi connectivity index (χ2v) is 10.2. The van der Waals surface area contributed by atoms with Crippen LogP contribution in [-0.4, -0.2) is 62.4 Å². The molecule has 0 spiro atoms. The number of anilines is 1. The lowest BCUT2D eigenvalue weighted by Gasteiger charge is -2.15. The summed E-state index contributed by atoms with van der Waals surface area (Å²) in [5, 5.41) is 20.2. The second kappa shape index (κ2) is 10.2. The Labute approximate surface area is 203 Å². The predicted molar refractivity (Wildman–Crippen MR) is 124 cm³/mol. The molecule has 0 amide bonds. The highest BCUT2D eigenvalue weighted by Crippen LogP contribution is 2.26. The third-order valence-electron chi connectivity index (χ3n) is 5.12. The molecule has 14 heteroatoms. The van der Waals surface area contributed by atoms with Gasteiger partial charge in [-0.3, -0.25) is 4.68 Å². The van der Waals surface area contributed by atoms with Crippen molar-refractivity contribution in [1.29, 1.82) is 0 Å². The summed E-state index contributed by atoms with van der Waals surface area (Å²) in [6.07, 6.45) is 2.86. The average Bonchev–Trinajstić information content (AvgIpc) is 3.48. The van der Waals surface area contributed by atoms with Crippen molar-refractivity contribution >= 4 is 21.6 Å². The highest BCUT2D eigenvalue weighted by atomic mass is 32.2. The van der Waals surface area contributed by atoms with Crippen molar-refractivity contribution < 1.29 is 31.6 Å². The van der Waals surface area contributed by atoms with Crippen LogP contribution in [0.15, 0.2) is 53.4 Å². The minimum Gasteiger partial charge on any atom is -0.480 e. The van der Waals surface area contributed by atoms with Crippen molar-refractivity contribution in [2.75, 3.05) is 17.3 Å². The number of hydrogen-bond donors (Lipinski definition) is 2. The molecule has 4 aromatic rings. The van der Waals surface area contributed by atoms with Crippen LogP contribution in [0.25, 0.3) is 22.9 Å². The topological polar surface area (TPSA) is 153 Å². The maximum Gasteiger partial charge on any atom is 0.326 e. The minimum atomic E-state index is -3.44. The SMILES string of the molecule is CS(=O)(=O)CCC(Nc1nc(-c2cc(-c3ccon3)n(Cc3ccccc3F)n2)ncc1F)C(=O)O. The van der Waals surface area contributed by atoms with Crippen LogP contribution in [0.3, 0.4) is 0 Å². The van der Waals surface area contributed by atoms with Crippen LogP contribution < -0.4 is 5.32 Å². The van der Waals surface area contributed by atoms with E-state index in [1.165, 1.54) is 17.0 Å². The fraction of sp³-hybridized carbons (Fsp3) is 0.227. The maximum atomic E-state index is 14.4. The number of carbonyl (C=O) groups is 1. The van der Waals surface area contributed by atoms with Crippen LogP contribution in [0.4, 0.5) is 14.6 Å². The summed E-state index contributed by atoms with van der Waals surface area (Å²) >= 11 is 0. The standard InChI is InChI=1S/C22H20F2N6O5S/c1-36(33,34)9-7-17(22(31)32)26-20-15(24)11-25-21(27-20)18-10-19(16-6-8-35-29-16)30(28-18)12-13-4-2-3-5-14(13)23/h2-6,8,10-11,17H,7,9,12H2,1H3,(H,31,32)(H,25,26,27). The molecule has 0 radical (unpaired) electrons. The first-order valence-corrected chi connectivity index (χ1v) is 12.6. The number of halogens is 2. The van der Waals surface area contributed by atoms with Gasteiger partial charge in [0.2, 0.25) is 0 Å². The molecule has 0 saturated heterocycles. The molecule has 0 aliphatic heterocycles. The van der Waals surface area contributed by atoms with E-state index in [9.17, 15) is 27.1 Å². The Kier molecular flexibility index (Phi) is 7.05. The van der Waals surface area contributed by atoms with E-state index in [4.69, 9.17) is 4.52 Å². The highest BCUT2D eigenvalue weighted by molar-refractivity contribution is 7.90. The summed E-state index contributed by atoms with van der Waals surface area (Å²) in [7, 11) is -3.44. The molecule has 0 aliphatic rings. The van der Waals surface area contributed by atoms with E-state index in [2.05, 4.69) is 25.5 Å². The quantitative estimate of drug-likeness (QED) is 0.320. The summed E-state index contributed by atoms with van der Waals surface area (Å²) < 4.78 is 57.9. The van der Waals surface area contributed by atoms with Crippen molar-refractivity contribution in [1.82, 2.24) is 24.9 Å². The molecular formula is C22H20F2N6O5S. The van der Waals surface area contributed by atoms with E-state index in [-0.39, 0.29) is 24.5 Å². The molecule has 0 saturated carbocycles. The van der Waals surface area contributed by atoms with Crippen LogP contribution in [-0.2, 0) is 21.2 Å². The number of rotatable bonds is 10. The lowest BCUT2D eigenvalue weighted by atomic mass is 10.2. The van der Waals surface area contributed by atoms with E-state index < -0.39 is 45.1 Å². The summed E-state index contributed by atoms with van der Waals surface area (Å²) in [5.74, 6) is -3.65. The van der Waals surface area contributed by atoms with E-state index >= 15 is 0 Å². The van der Waals surface area contributed by atoms with Gasteiger partial charge >= 0.3 is 5.97 Å². The molecule has 36 heavy (non-hydrogen) atoms. The summed E-state index contributed by atoms with van der Waals surface area (Å²) in [4.78, 5) is 19.6. The molecule has 0 bridgehead atoms. The Balaban J connectivity index is 1.68. The van der Waals surface area contributed by atoms with E-state index in [1.54, 1.807) is 30.3 Å². The van der Waals surface area contributed by atoms with Gasteiger partial charge in [0.15, 0.2) is 17.5 Å². The zero-order chi connectivity index (χ0) is 25.9. The number of aliphatic carboxylic acids is 1. The molecule has 4 rings (SSSR count). The van der Waals surface area contributed by atoms with Gasteiger partial charge < -0.3 is 14.9 Å². The minimum absolute atomic E-state index is 0.0355. The van der Waals surface area contributed by atoms with Crippen molar-refractivity contribution in [3.05, 3.63) is 66.1 Å². The third kappa shape index (κ3) is 5.89. The van der Waals surface area contributed by atoms with Crippen LogP contribution in [0, 0.1) is 11.6 Å². The highest BCUT2D eigenvalue weighted by Gasteiger charge is 2.23. The van der Waals surface area contributed by atoms with Crippen molar-refractivity contribution in [2.24, 2.45) is 0 Å². The number of aromatic nitrogens is 5. The third-order valence-corrected chi connectivity index (χ3v) is 6.10. The van der Waals surface area contributed by atoms with Gasteiger partial charge in [-0.1, -0.05) is 23.4 Å². The van der Waals surface area contributed by atoms with Crippen molar-refractivity contribution in [3.8, 4) is 22.9 Å². The first-order valence-electron chi connectivity index (χ1n) is 10.5. The first-order chi connectivity index (χ1) is 17.1. The second-order valence-electron chi connectivity index (χ2n) is 7.89. The summed E-state index contributed by atoms with van der Waals surface area (Å²) in [6.45, 7) is 0.0355. The Hall–Kier alpha value is -4.20. The van der Waals surface area contributed by atoms with Crippen molar-refractivity contribution in [2.45, 2.75) is 19.0 Å². The van der Waals surface area contributed by atoms with Gasteiger partial charge in [-0.15, -0.1) is 0 Å². The summed E-state index contributed by atoms with van der Waals surface area (Å²) in [5.41, 5.74) is 1.38. The molecule has 0 aliphatic carbocycles. The molecule has 2 N–H and O–H groups in total. The van der Waals surface area contributed by atoms with Crippen LogP contribution >= 0.6 is 0 Å². The van der Waals surface area contributed by atoms with Gasteiger partial charge in [-0.2, -0.15) is 5.10 Å². The number of carboxylic acid groups (broad SMARTS) is 1. The molecule has 11 nitrogen and oxygen atoms in total. The molecule has 1 aromatic carbocycles. The molecule has 0 fully saturated rings. The van der Waals surface area contributed by atoms with Gasteiger partial charge in [-0.25, -0.2) is 32.0 Å². The number of hydrogen-bond acceptors (Lipinski definition) is 9. The molecule has 188 valence electrons. The molecular weight excluding hydrogens is 498 g/mol.